The van der Waals surface area contributed by atoms with Crippen LogP contribution in [-0.2, 0) is 11.3 Å². The normalized spacial score (nSPS) is 17.1. The molecule has 5 rings (SSSR count). The van der Waals surface area contributed by atoms with Crippen LogP contribution in [-0.4, -0.2) is 41.1 Å². The van der Waals surface area contributed by atoms with Crippen molar-refractivity contribution in [1.82, 2.24) is 29.4 Å². The van der Waals surface area contributed by atoms with E-state index in [-0.39, 0.29) is 12.8 Å². The molecular formula is C20H19BrN6O2. The number of hydrogen-bond donors (Lipinski definition) is 1. The standard InChI is InChI=1S/C20H19BrN6O2/c21-17-5-3-4-15(24-17)16-10-22-18-8-13(12-28)20(25-27(16)18)14-9-23-26(11-14)19-6-1-2-7-29-19/h3-5,8-11,19,28H,1-2,6-7,12H2. The number of aromatic nitrogens is 6. The van der Waals surface area contributed by atoms with E-state index in [1.807, 2.05) is 35.1 Å². The Kier molecular flexibility index (Phi) is 4.86. The van der Waals surface area contributed by atoms with Crippen molar-refractivity contribution in [2.45, 2.75) is 32.1 Å². The van der Waals surface area contributed by atoms with Crippen LogP contribution in [0.4, 0.5) is 0 Å². The van der Waals surface area contributed by atoms with Crippen LogP contribution in [0.5, 0.6) is 0 Å². The first-order chi connectivity index (χ1) is 14.2. The molecule has 0 saturated carbocycles. The van der Waals surface area contributed by atoms with Crippen molar-refractivity contribution in [3.63, 3.8) is 0 Å². The number of aliphatic hydroxyl groups is 1. The Morgan fingerprint density at radius 1 is 1.24 bits per heavy atom. The summed E-state index contributed by atoms with van der Waals surface area (Å²) in [5, 5.41) is 19.2. The summed E-state index contributed by atoms with van der Waals surface area (Å²) in [6, 6.07) is 7.55. The van der Waals surface area contributed by atoms with E-state index in [2.05, 4.69) is 31.0 Å². The van der Waals surface area contributed by atoms with Gasteiger partial charge in [0, 0.05) is 23.9 Å². The van der Waals surface area contributed by atoms with E-state index in [4.69, 9.17) is 9.84 Å². The SMILES string of the molecule is OCc1cc2ncc(-c3cccc(Br)n3)n2nc1-c1cnn(C2CCCCO2)c1. The minimum atomic E-state index is -0.138. The van der Waals surface area contributed by atoms with Crippen LogP contribution in [0.1, 0.15) is 31.1 Å². The molecule has 0 bridgehead atoms. The molecule has 0 amide bonds. The Morgan fingerprint density at radius 2 is 2.17 bits per heavy atom. The highest BCUT2D eigenvalue weighted by molar-refractivity contribution is 9.10. The first-order valence-electron chi connectivity index (χ1n) is 9.50. The third kappa shape index (κ3) is 3.45. The smallest absolute Gasteiger partial charge is 0.154 e. The van der Waals surface area contributed by atoms with Gasteiger partial charge in [-0.1, -0.05) is 6.07 Å². The summed E-state index contributed by atoms with van der Waals surface area (Å²) in [5.41, 5.74) is 4.37. The quantitative estimate of drug-likeness (QED) is 0.473. The third-order valence-corrected chi connectivity index (χ3v) is 5.49. The number of pyridine rings is 1. The average Bonchev–Trinajstić information content (AvgIpc) is 3.40. The summed E-state index contributed by atoms with van der Waals surface area (Å²) in [4.78, 5) is 8.95. The minimum absolute atomic E-state index is 0.0477. The van der Waals surface area contributed by atoms with Gasteiger partial charge in [0.05, 0.1) is 24.7 Å². The topological polar surface area (TPSA) is 90.4 Å². The van der Waals surface area contributed by atoms with Crippen molar-refractivity contribution < 1.29 is 9.84 Å². The number of imidazole rings is 1. The zero-order valence-electron chi connectivity index (χ0n) is 15.6. The Bertz CT molecular complexity index is 1160. The highest BCUT2D eigenvalue weighted by Crippen LogP contribution is 2.28. The van der Waals surface area contributed by atoms with E-state index in [1.54, 1.807) is 16.9 Å². The molecule has 148 valence electrons. The van der Waals surface area contributed by atoms with Gasteiger partial charge in [0.25, 0.3) is 0 Å². The molecule has 1 atom stereocenters. The zero-order chi connectivity index (χ0) is 19.8. The van der Waals surface area contributed by atoms with Gasteiger partial charge in [-0.25, -0.2) is 19.2 Å². The van der Waals surface area contributed by atoms with Crippen LogP contribution in [0, 0.1) is 0 Å². The number of hydrogen-bond acceptors (Lipinski definition) is 6. The van der Waals surface area contributed by atoms with E-state index in [0.29, 0.717) is 16.9 Å². The fourth-order valence-electron chi connectivity index (χ4n) is 3.59. The van der Waals surface area contributed by atoms with Gasteiger partial charge in [0.2, 0.25) is 0 Å². The Morgan fingerprint density at radius 3 is 2.97 bits per heavy atom. The fourth-order valence-corrected chi connectivity index (χ4v) is 3.94. The molecule has 1 aliphatic heterocycles. The molecular weight excluding hydrogens is 436 g/mol. The predicted molar refractivity (Wildman–Crippen MR) is 110 cm³/mol. The molecule has 8 nitrogen and oxygen atoms in total. The molecule has 29 heavy (non-hydrogen) atoms. The van der Waals surface area contributed by atoms with Gasteiger partial charge < -0.3 is 9.84 Å². The number of fused-ring (bicyclic) bond motifs is 1. The van der Waals surface area contributed by atoms with Gasteiger partial charge in [0.15, 0.2) is 5.65 Å². The second-order valence-electron chi connectivity index (χ2n) is 6.97. The third-order valence-electron chi connectivity index (χ3n) is 5.05. The molecule has 0 spiro atoms. The lowest BCUT2D eigenvalue weighted by Gasteiger charge is -2.22. The van der Waals surface area contributed by atoms with Crippen LogP contribution < -0.4 is 0 Å². The van der Waals surface area contributed by atoms with Crippen LogP contribution in [0.3, 0.4) is 0 Å². The largest absolute Gasteiger partial charge is 0.392 e. The highest BCUT2D eigenvalue weighted by Gasteiger charge is 2.19. The van der Waals surface area contributed by atoms with Gasteiger partial charge in [0.1, 0.15) is 22.2 Å². The first kappa shape index (κ1) is 18.4. The second-order valence-corrected chi connectivity index (χ2v) is 7.78. The molecule has 1 N–H and O–H groups in total. The molecule has 4 aromatic heterocycles. The van der Waals surface area contributed by atoms with Crippen LogP contribution in [0.25, 0.3) is 28.3 Å². The van der Waals surface area contributed by atoms with Gasteiger partial charge in [-0.05, 0) is 53.4 Å². The lowest BCUT2D eigenvalue weighted by Crippen LogP contribution is -2.18. The average molecular weight is 455 g/mol. The van der Waals surface area contributed by atoms with E-state index in [1.165, 1.54) is 0 Å². The molecule has 0 aliphatic carbocycles. The maximum atomic E-state index is 9.91. The summed E-state index contributed by atoms with van der Waals surface area (Å²) < 4.78 is 10.1. The highest BCUT2D eigenvalue weighted by atomic mass is 79.9. The van der Waals surface area contributed by atoms with Crippen molar-refractivity contribution in [2.24, 2.45) is 0 Å². The molecule has 4 aromatic rings. The lowest BCUT2D eigenvalue weighted by atomic mass is 10.1. The monoisotopic (exact) mass is 454 g/mol. The molecule has 0 aromatic carbocycles. The summed E-state index contributed by atoms with van der Waals surface area (Å²) in [6.45, 7) is 0.616. The van der Waals surface area contributed by atoms with Crippen molar-refractivity contribution >= 4 is 21.6 Å². The molecule has 9 heteroatoms. The van der Waals surface area contributed by atoms with Crippen molar-refractivity contribution in [1.29, 1.82) is 0 Å². The fraction of sp³-hybridized carbons (Fsp3) is 0.300. The maximum absolute atomic E-state index is 9.91. The van der Waals surface area contributed by atoms with E-state index < -0.39 is 0 Å². The van der Waals surface area contributed by atoms with Gasteiger partial charge in [-0.2, -0.15) is 10.2 Å². The minimum Gasteiger partial charge on any atom is -0.392 e. The zero-order valence-corrected chi connectivity index (χ0v) is 17.2. The predicted octanol–water partition coefficient (Wildman–Crippen LogP) is 3.61. The second kappa shape index (κ2) is 7.66. The number of ether oxygens (including phenoxy) is 1. The Labute approximate surface area is 175 Å². The molecule has 1 fully saturated rings. The molecule has 0 radical (unpaired) electrons. The Balaban J connectivity index is 1.60. The molecule has 1 saturated heterocycles. The maximum Gasteiger partial charge on any atom is 0.154 e. The van der Waals surface area contributed by atoms with E-state index in [9.17, 15) is 5.11 Å². The molecule has 1 unspecified atom stereocenters. The Hall–Kier alpha value is -2.62. The number of aliphatic hydroxyl groups excluding tert-OH is 1. The number of halogens is 1. The summed E-state index contributed by atoms with van der Waals surface area (Å²) in [7, 11) is 0. The van der Waals surface area contributed by atoms with E-state index >= 15 is 0 Å². The summed E-state index contributed by atoms with van der Waals surface area (Å²) in [6.07, 6.45) is 8.54. The van der Waals surface area contributed by atoms with Crippen LogP contribution in [0.2, 0.25) is 0 Å². The first-order valence-corrected chi connectivity index (χ1v) is 10.3. The van der Waals surface area contributed by atoms with Crippen LogP contribution >= 0.6 is 15.9 Å². The van der Waals surface area contributed by atoms with Gasteiger partial charge in [-0.15, -0.1) is 0 Å². The van der Waals surface area contributed by atoms with Crippen molar-refractivity contribution in [3.8, 4) is 22.6 Å². The number of nitrogens with zero attached hydrogens (tertiary/aromatic N) is 6. The molecule has 5 heterocycles. The van der Waals surface area contributed by atoms with Crippen molar-refractivity contribution in [2.75, 3.05) is 6.61 Å². The van der Waals surface area contributed by atoms with Gasteiger partial charge in [-0.3, -0.25) is 0 Å². The van der Waals surface area contributed by atoms with E-state index in [0.717, 1.165) is 47.4 Å². The van der Waals surface area contributed by atoms with Crippen molar-refractivity contribution in [3.05, 3.63) is 53.0 Å². The summed E-state index contributed by atoms with van der Waals surface area (Å²) in [5.74, 6) is 0. The molecule has 1 aliphatic rings. The lowest BCUT2D eigenvalue weighted by molar-refractivity contribution is -0.0394. The number of rotatable bonds is 4. The summed E-state index contributed by atoms with van der Waals surface area (Å²) >= 11 is 3.41. The van der Waals surface area contributed by atoms with Crippen LogP contribution in [0.15, 0.2) is 47.5 Å². The van der Waals surface area contributed by atoms with Gasteiger partial charge >= 0.3 is 0 Å².